The van der Waals surface area contributed by atoms with Crippen LogP contribution in [0.3, 0.4) is 0 Å². The average molecular weight is 482 g/mol. The second-order valence-corrected chi connectivity index (χ2v) is 9.25. The van der Waals surface area contributed by atoms with Gasteiger partial charge in [0.05, 0.1) is 24.9 Å². The number of rotatable bonds is 7. The van der Waals surface area contributed by atoms with Gasteiger partial charge in [0, 0.05) is 47.2 Å². The number of nitrogens with one attached hydrogen (secondary N) is 1. The van der Waals surface area contributed by atoms with Crippen LogP contribution in [-0.4, -0.2) is 45.2 Å². The molecule has 0 saturated carbocycles. The Balaban J connectivity index is 1.75. The molecule has 1 aliphatic carbocycles. The van der Waals surface area contributed by atoms with Crippen LogP contribution in [0.25, 0.3) is 0 Å². The third-order valence-corrected chi connectivity index (χ3v) is 7.21. The second-order valence-electron chi connectivity index (χ2n) is 8.27. The summed E-state index contributed by atoms with van der Waals surface area (Å²) in [6, 6.07) is 10.9. The fourth-order valence-corrected chi connectivity index (χ4v) is 5.42. The van der Waals surface area contributed by atoms with Gasteiger partial charge in [-0.05, 0) is 42.5 Å². The summed E-state index contributed by atoms with van der Waals surface area (Å²) in [7, 11) is 2.86. The van der Waals surface area contributed by atoms with E-state index in [1.807, 2.05) is 18.4 Å². The highest BCUT2D eigenvalue weighted by atomic mass is 32.1. The molecular weight excluding hydrogens is 454 g/mol. The molecule has 1 aliphatic heterocycles. The molecule has 2 aromatic rings. The number of dihydropyridines is 1. The van der Waals surface area contributed by atoms with Crippen LogP contribution in [0.5, 0.6) is 0 Å². The van der Waals surface area contributed by atoms with Crippen molar-refractivity contribution in [3.05, 3.63) is 80.3 Å². The lowest BCUT2D eigenvalue weighted by atomic mass is 9.72. The van der Waals surface area contributed by atoms with E-state index >= 15 is 0 Å². The zero-order chi connectivity index (χ0) is 24.2. The van der Waals surface area contributed by atoms with Crippen LogP contribution in [0.15, 0.2) is 64.3 Å². The maximum atomic E-state index is 13.5. The largest absolute Gasteiger partial charge is 0.465 e. The van der Waals surface area contributed by atoms with E-state index in [1.165, 1.54) is 19.1 Å². The van der Waals surface area contributed by atoms with Crippen LogP contribution in [0.4, 0.5) is 0 Å². The summed E-state index contributed by atoms with van der Waals surface area (Å²) >= 11 is 1.65. The summed E-state index contributed by atoms with van der Waals surface area (Å²) in [5.41, 5.74) is 3.60. The summed E-state index contributed by atoms with van der Waals surface area (Å²) in [4.78, 5) is 39.7. The lowest BCUT2D eigenvalue weighted by Crippen LogP contribution is -2.36. The number of ether oxygens (including phenoxy) is 3. The molecule has 0 radical (unpaired) electrons. The van der Waals surface area contributed by atoms with Gasteiger partial charge in [0.2, 0.25) is 0 Å². The maximum Gasteiger partial charge on any atom is 0.337 e. The molecule has 0 spiro atoms. The number of hydrogen-bond donors (Lipinski definition) is 1. The number of carbonyl (C=O) groups is 3. The normalized spacial score (nSPS) is 20.0. The maximum absolute atomic E-state index is 13.5. The molecule has 0 amide bonds. The molecule has 178 valence electrons. The van der Waals surface area contributed by atoms with Crippen molar-refractivity contribution in [2.75, 3.05) is 27.4 Å². The number of thiophene rings is 1. The Morgan fingerprint density at radius 2 is 1.82 bits per heavy atom. The molecule has 1 aromatic heterocycles. The lowest BCUT2D eigenvalue weighted by molar-refractivity contribution is -0.140. The van der Waals surface area contributed by atoms with E-state index in [0.29, 0.717) is 35.2 Å². The van der Waals surface area contributed by atoms with Gasteiger partial charge in [-0.1, -0.05) is 18.2 Å². The van der Waals surface area contributed by atoms with E-state index in [-0.39, 0.29) is 24.9 Å². The van der Waals surface area contributed by atoms with Gasteiger partial charge in [-0.25, -0.2) is 9.59 Å². The molecule has 2 atom stereocenters. The number of benzene rings is 1. The van der Waals surface area contributed by atoms with E-state index in [1.54, 1.807) is 35.6 Å². The van der Waals surface area contributed by atoms with Gasteiger partial charge in [-0.3, -0.25) is 4.79 Å². The highest BCUT2D eigenvalue weighted by molar-refractivity contribution is 7.10. The van der Waals surface area contributed by atoms with Crippen LogP contribution in [0.1, 0.15) is 52.4 Å². The first kappa shape index (κ1) is 23.9. The Kier molecular flexibility index (Phi) is 7.29. The van der Waals surface area contributed by atoms with E-state index in [4.69, 9.17) is 14.2 Å². The third kappa shape index (κ3) is 4.69. The van der Waals surface area contributed by atoms with Crippen molar-refractivity contribution < 1.29 is 28.6 Å². The molecule has 1 N–H and O–H groups in total. The molecule has 4 rings (SSSR count). The first-order valence-corrected chi connectivity index (χ1v) is 11.9. The number of ketones is 1. The summed E-state index contributed by atoms with van der Waals surface area (Å²) in [6.45, 7) is 2.21. The quantitative estimate of drug-likeness (QED) is 0.471. The van der Waals surface area contributed by atoms with E-state index in [0.717, 1.165) is 11.3 Å². The third-order valence-electron chi connectivity index (χ3n) is 6.18. The van der Waals surface area contributed by atoms with Crippen LogP contribution in [0.2, 0.25) is 0 Å². The monoisotopic (exact) mass is 481 g/mol. The SMILES string of the molecule is COCCOC(=O)C1=C(C)NC2=C(C(=O)C[C@@H](c3cccs3)C2)[C@@H]1c1ccc(C(=O)OC)cc1. The van der Waals surface area contributed by atoms with Crippen molar-refractivity contribution in [2.45, 2.75) is 31.6 Å². The highest BCUT2D eigenvalue weighted by Gasteiger charge is 2.41. The molecule has 8 heteroatoms. The lowest BCUT2D eigenvalue weighted by Gasteiger charge is -2.36. The summed E-state index contributed by atoms with van der Waals surface area (Å²) < 4.78 is 15.2. The van der Waals surface area contributed by atoms with E-state index < -0.39 is 17.9 Å². The molecule has 0 saturated heterocycles. The number of carbonyl (C=O) groups excluding carboxylic acids is 3. The first-order chi connectivity index (χ1) is 16.4. The molecule has 1 aromatic carbocycles. The number of methoxy groups -OCH3 is 2. The number of Topliss-reactive ketones (excluding diaryl/α,β-unsaturated/α-hetero) is 1. The summed E-state index contributed by atoms with van der Waals surface area (Å²) in [6.07, 6.45) is 1.06. The Hall–Kier alpha value is -3.23. The minimum atomic E-state index is -0.588. The standard InChI is InChI=1S/C26H27NO6S/c1-15-22(26(30)33-11-10-31-2)23(16-6-8-17(9-7-16)25(29)32-3)24-19(27-15)13-18(14-20(24)28)21-5-4-12-34-21/h4-9,12,18,23,27H,10-11,13-14H2,1-3H3/t18-,23+/m0/s1. The van der Waals surface area contributed by atoms with Gasteiger partial charge in [-0.15, -0.1) is 11.3 Å². The number of esters is 2. The van der Waals surface area contributed by atoms with Crippen molar-refractivity contribution in [1.29, 1.82) is 0 Å². The predicted molar refractivity (Wildman–Crippen MR) is 128 cm³/mol. The molecule has 7 nitrogen and oxygen atoms in total. The predicted octanol–water partition coefficient (Wildman–Crippen LogP) is 4.09. The molecule has 0 unspecified atom stereocenters. The van der Waals surface area contributed by atoms with Crippen molar-refractivity contribution >= 4 is 29.1 Å². The van der Waals surface area contributed by atoms with Crippen molar-refractivity contribution in [2.24, 2.45) is 0 Å². The topological polar surface area (TPSA) is 90.9 Å². The van der Waals surface area contributed by atoms with Gasteiger partial charge >= 0.3 is 11.9 Å². The molecule has 0 fully saturated rings. The smallest absolute Gasteiger partial charge is 0.337 e. The second kappa shape index (κ2) is 10.4. The van der Waals surface area contributed by atoms with Crippen LogP contribution in [-0.2, 0) is 23.8 Å². The Labute approximate surface area is 202 Å². The zero-order valence-corrected chi connectivity index (χ0v) is 20.2. The first-order valence-electron chi connectivity index (χ1n) is 11.1. The molecule has 2 heterocycles. The van der Waals surface area contributed by atoms with E-state index in [9.17, 15) is 14.4 Å². The van der Waals surface area contributed by atoms with Gasteiger partial charge in [-0.2, -0.15) is 0 Å². The number of hydrogen-bond acceptors (Lipinski definition) is 8. The van der Waals surface area contributed by atoms with Crippen LogP contribution >= 0.6 is 11.3 Å². The average Bonchev–Trinajstić information content (AvgIpc) is 3.38. The molecule has 2 aliphatic rings. The van der Waals surface area contributed by atoms with Gasteiger partial charge in [0.15, 0.2) is 5.78 Å². The minimum Gasteiger partial charge on any atom is -0.465 e. The summed E-state index contributed by atoms with van der Waals surface area (Å²) in [5, 5.41) is 5.35. The van der Waals surface area contributed by atoms with Gasteiger partial charge < -0.3 is 19.5 Å². The molecular formula is C26H27NO6S. The number of allylic oxidation sites excluding steroid dienone is 3. The van der Waals surface area contributed by atoms with Crippen molar-refractivity contribution in [1.82, 2.24) is 5.32 Å². The Bertz CT molecular complexity index is 1150. The van der Waals surface area contributed by atoms with Crippen molar-refractivity contribution in [3.63, 3.8) is 0 Å². The zero-order valence-electron chi connectivity index (χ0n) is 19.4. The van der Waals surface area contributed by atoms with Crippen LogP contribution in [0, 0.1) is 0 Å². The summed E-state index contributed by atoms with van der Waals surface area (Å²) in [5.74, 6) is -1.43. The fraction of sp³-hybridized carbons (Fsp3) is 0.346. The van der Waals surface area contributed by atoms with Crippen LogP contribution < -0.4 is 5.32 Å². The minimum absolute atomic E-state index is 0.00360. The fourth-order valence-electron chi connectivity index (χ4n) is 4.59. The van der Waals surface area contributed by atoms with Gasteiger partial charge in [0.25, 0.3) is 0 Å². The highest BCUT2D eigenvalue weighted by Crippen LogP contribution is 2.46. The van der Waals surface area contributed by atoms with Gasteiger partial charge in [0.1, 0.15) is 6.61 Å². The molecule has 0 bridgehead atoms. The Morgan fingerprint density at radius 3 is 2.47 bits per heavy atom. The Morgan fingerprint density at radius 1 is 1.06 bits per heavy atom. The van der Waals surface area contributed by atoms with E-state index in [2.05, 4.69) is 11.4 Å². The van der Waals surface area contributed by atoms with Crippen molar-refractivity contribution in [3.8, 4) is 0 Å². The molecule has 34 heavy (non-hydrogen) atoms.